The van der Waals surface area contributed by atoms with Crippen LogP contribution in [-0.2, 0) is 16.2 Å². The summed E-state index contributed by atoms with van der Waals surface area (Å²) in [5, 5.41) is 13.6. The molecule has 0 spiro atoms. The van der Waals surface area contributed by atoms with Crippen molar-refractivity contribution in [3.05, 3.63) is 103 Å². The quantitative estimate of drug-likeness (QED) is 0.192. The number of halogens is 2. The molecule has 1 heterocycles. The van der Waals surface area contributed by atoms with E-state index in [0.29, 0.717) is 26.4 Å². The molecule has 1 N–H and O–H groups in total. The maximum absolute atomic E-state index is 13.1. The molecule has 9 nitrogen and oxygen atoms in total. The average molecular weight is 557 g/mol. The van der Waals surface area contributed by atoms with Gasteiger partial charge in [-0.1, -0.05) is 39.7 Å². The summed E-state index contributed by atoms with van der Waals surface area (Å²) >= 11 is 9.25. The first kappa shape index (κ1) is 24.1. The van der Waals surface area contributed by atoms with Crippen LogP contribution in [0.5, 0.6) is 5.75 Å². The van der Waals surface area contributed by atoms with E-state index in [1.165, 1.54) is 42.5 Å². The number of carbonyl (C=O) groups excluding carboxylic acids is 3. The molecule has 3 aromatic carbocycles. The van der Waals surface area contributed by atoms with Gasteiger partial charge in [0.1, 0.15) is 17.9 Å². The van der Waals surface area contributed by atoms with Gasteiger partial charge in [-0.25, -0.2) is 9.69 Å². The summed E-state index contributed by atoms with van der Waals surface area (Å²) < 4.78 is 6.50. The molecule has 4 amide bonds. The van der Waals surface area contributed by atoms with E-state index in [9.17, 15) is 24.5 Å². The molecule has 0 radical (unpaired) electrons. The third kappa shape index (κ3) is 5.39. The lowest BCUT2D eigenvalue weighted by molar-refractivity contribution is -0.384. The Labute approximate surface area is 212 Å². The van der Waals surface area contributed by atoms with Gasteiger partial charge in [0.15, 0.2) is 0 Å². The van der Waals surface area contributed by atoms with E-state index in [4.69, 9.17) is 16.3 Å². The SMILES string of the molecule is O=C1NC(=O)N(c2ccc(Cl)cc2)C(=O)/C1=C/c1cc(Br)ccc1OCc1cccc([N+](=O)[O-])c1. The Kier molecular flexibility index (Phi) is 6.94. The summed E-state index contributed by atoms with van der Waals surface area (Å²) in [7, 11) is 0. The highest BCUT2D eigenvalue weighted by molar-refractivity contribution is 9.10. The summed E-state index contributed by atoms with van der Waals surface area (Å²) in [6.07, 6.45) is 1.32. The monoisotopic (exact) mass is 555 g/mol. The van der Waals surface area contributed by atoms with Gasteiger partial charge in [-0.05, 0) is 54.1 Å². The first-order valence-electron chi connectivity index (χ1n) is 10.1. The minimum absolute atomic E-state index is 0.00894. The smallest absolute Gasteiger partial charge is 0.335 e. The Balaban J connectivity index is 1.65. The average Bonchev–Trinajstić information content (AvgIpc) is 2.82. The number of non-ortho nitro benzene ring substituents is 1. The van der Waals surface area contributed by atoms with E-state index in [1.807, 2.05) is 0 Å². The molecule has 0 bridgehead atoms. The molecule has 0 aromatic heterocycles. The molecule has 4 rings (SSSR count). The number of carbonyl (C=O) groups is 3. The van der Waals surface area contributed by atoms with Gasteiger partial charge >= 0.3 is 6.03 Å². The summed E-state index contributed by atoms with van der Waals surface area (Å²) in [5.74, 6) is -1.34. The lowest BCUT2D eigenvalue weighted by Gasteiger charge is -2.26. The number of hydrogen-bond donors (Lipinski definition) is 1. The first-order valence-corrected chi connectivity index (χ1v) is 11.2. The first-order chi connectivity index (χ1) is 16.7. The van der Waals surface area contributed by atoms with E-state index >= 15 is 0 Å². The fourth-order valence-electron chi connectivity index (χ4n) is 3.32. The van der Waals surface area contributed by atoms with Gasteiger partial charge in [0.05, 0.1) is 10.6 Å². The van der Waals surface area contributed by atoms with E-state index in [1.54, 1.807) is 30.3 Å². The Morgan fingerprint density at radius 1 is 1.06 bits per heavy atom. The minimum Gasteiger partial charge on any atom is -0.488 e. The van der Waals surface area contributed by atoms with Crippen molar-refractivity contribution >= 4 is 62.8 Å². The molecule has 1 fully saturated rings. The largest absolute Gasteiger partial charge is 0.488 e. The van der Waals surface area contributed by atoms with E-state index in [0.717, 1.165) is 4.90 Å². The number of nitro groups is 1. The molecule has 11 heteroatoms. The van der Waals surface area contributed by atoms with Crippen molar-refractivity contribution in [2.75, 3.05) is 4.90 Å². The van der Waals surface area contributed by atoms with E-state index in [-0.39, 0.29) is 23.6 Å². The molecule has 0 atom stereocenters. The third-order valence-corrected chi connectivity index (χ3v) is 5.72. The predicted molar refractivity (Wildman–Crippen MR) is 132 cm³/mol. The number of nitrogens with zero attached hydrogens (tertiary/aromatic N) is 2. The van der Waals surface area contributed by atoms with Gasteiger partial charge in [0.2, 0.25) is 0 Å². The second-order valence-electron chi connectivity index (χ2n) is 7.33. The van der Waals surface area contributed by atoms with Gasteiger partial charge in [-0.3, -0.25) is 25.0 Å². The molecule has 1 aliphatic rings. The molecule has 1 saturated heterocycles. The van der Waals surface area contributed by atoms with Crippen molar-refractivity contribution in [1.82, 2.24) is 5.32 Å². The Bertz CT molecular complexity index is 1390. The summed E-state index contributed by atoms with van der Waals surface area (Å²) in [5.41, 5.74) is 0.839. The third-order valence-electron chi connectivity index (χ3n) is 4.97. The van der Waals surface area contributed by atoms with Crippen LogP contribution in [0.25, 0.3) is 6.08 Å². The van der Waals surface area contributed by atoms with Crippen LogP contribution >= 0.6 is 27.5 Å². The van der Waals surface area contributed by atoms with E-state index in [2.05, 4.69) is 21.2 Å². The zero-order valence-electron chi connectivity index (χ0n) is 17.7. The lowest BCUT2D eigenvalue weighted by Crippen LogP contribution is -2.54. The molecule has 3 aromatic rings. The summed E-state index contributed by atoms with van der Waals surface area (Å²) in [6.45, 7) is 0.00894. The molecule has 0 saturated carbocycles. The van der Waals surface area contributed by atoms with Gasteiger partial charge in [0.25, 0.3) is 17.5 Å². The number of benzene rings is 3. The van der Waals surface area contributed by atoms with Crippen LogP contribution in [-0.4, -0.2) is 22.8 Å². The fourth-order valence-corrected chi connectivity index (χ4v) is 3.83. The molecule has 0 aliphatic carbocycles. The number of amides is 4. The zero-order chi connectivity index (χ0) is 25.1. The highest BCUT2D eigenvalue weighted by Crippen LogP contribution is 2.29. The maximum atomic E-state index is 13.1. The van der Waals surface area contributed by atoms with Gasteiger partial charge in [-0.15, -0.1) is 0 Å². The van der Waals surface area contributed by atoms with Crippen molar-refractivity contribution in [2.24, 2.45) is 0 Å². The van der Waals surface area contributed by atoms with Crippen LogP contribution in [0.4, 0.5) is 16.2 Å². The molecule has 0 unspecified atom stereocenters. The van der Waals surface area contributed by atoms with Crippen molar-refractivity contribution in [3.8, 4) is 5.75 Å². The number of hydrogen-bond acceptors (Lipinski definition) is 6. The van der Waals surface area contributed by atoms with Crippen LogP contribution in [0.2, 0.25) is 5.02 Å². The minimum atomic E-state index is -0.879. The number of nitro benzene ring substituents is 1. The highest BCUT2D eigenvalue weighted by Gasteiger charge is 2.37. The standard InChI is InChI=1S/C24H15BrClN3O6/c25-16-4-9-21(35-13-14-2-1-3-19(10-14)29(33)34)15(11-16)12-20-22(30)27-24(32)28(23(20)31)18-7-5-17(26)6-8-18/h1-12H,13H2,(H,27,30,32)/b20-12+. The number of urea groups is 1. The zero-order valence-corrected chi connectivity index (χ0v) is 20.1. The number of ether oxygens (including phenoxy) is 1. The van der Waals surface area contributed by atoms with Gasteiger partial charge in [0, 0.05) is 27.2 Å². The van der Waals surface area contributed by atoms with Crippen molar-refractivity contribution < 1.29 is 24.0 Å². The predicted octanol–water partition coefficient (Wildman–Crippen LogP) is 5.26. The van der Waals surface area contributed by atoms with Crippen LogP contribution < -0.4 is 15.0 Å². The van der Waals surface area contributed by atoms with Crippen molar-refractivity contribution in [1.29, 1.82) is 0 Å². The molecule has 176 valence electrons. The number of imide groups is 2. The van der Waals surface area contributed by atoms with Crippen molar-refractivity contribution in [3.63, 3.8) is 0 Å². The second kappa shape index (κ2) is 10.1. The molecular formula is C24H15BrClN3O6. The number of rotatable bonds is 6. The summed E-state index contributed by atoms with van der Waals surface area (Å²) in [6, 6.07) is 16.1. The van der Waals surface area contributed by atoms with Crippen molar-refractivity contribution in [2.45, 2.75) is 6.61 Å². The fraction of sp³-hybridized carbons (Fsp3) is 0.0417. The highest BCUT2D eigenvalue weighted by atomic mass is 79.9. The Morgan fingerprint density at radius 3 is 2.51 bits per heavy atom. The molecule has 35 heavy (non-hydrogen) atoms. The topological polar surface area (TPSA) is 119 Å². The van der Waals surface area contributed by atoms with Crippen LogP contribution in [0.15, 0.2) is 76.8 Å². The maximum Gasteiger partial charge on any atom is 0.335 e. The number of barbiturate groups is 1. The van der Waals surface area contributed by atoms with Crippen LogP contribution in [0, 0.1) is 10.1 Å². The van der Waals surface area contributed by atoms with Crippen LogP contribution in [0.1, 0.15) is 11.1 Å². The Hall–Kier alpha value is -4.02. The summed E-state index contributed by atoms with van der Waals surface area (Å²) in [4.78, 5) is 49.4. The van der Waals surface area contributed by atoms with Gasteiger partial charge in [-0.2, -0.15) is 0 Å². The molecular weight excluding hydrogens is 542 g/mol. The van der Waals surface area contributed by atoms with E-state index < -0.39 is 22.8 Å². The lowest BCUT2D eigenvalue weighted by atomic mass is 10.1. The molecule has 1 aliphatic heterocycles. The number of nitrogens with one attached hydrogen (secondary N) is 1. The second-order valence-corrected chi connectivity index (χ2v) is 8.68. The Morgan fingerprint density at radius 2 is 1.80 bits per heavy atom. The normalized spacial score (nSPS) is 14.7. The number of anilines is 1. The van der Waals surface area contributed by atoms with Gasteiger partial charge < -0.3 is 4.74 Å². The van der Waals surface area contributed by atoms with Crippen LogP contribution in [0.3, 0.4) is 0 Å².